The van der Waals surface area contributed by atoms with Gasteiger partial charge in [0.2, 0.25) is 0 Å². The highest BCUT2D eigenvalue weighted by molar-refractivity contribution is 6.53. The van der Waals surface area contributed by atoms with Gasteiger partial charge < -0.3 is 10.1 Å². The average Bonchev–Trinajstić information content (AvgIpc) is 2.95. The quantitative estimate of drug-likeness (QED) is 0.553. The zero-order valence-corrected chi connectivity index (χ0v) is 17.2. The summed E-state index contributed by atoms with van der Waals surface area (Å²) < 4.78 is 5.75. The third-order valence-corrected chi connectivity index (χ3v) is 5.23. The van der Waals surface area contributed by atoms with Gasteiger partial charge in [0.05, 0.1) is 5.69 Å². The van der Waals surface area contributed by atoms with E-state index in [0.29, 0.717) is 22.9 Å². The molecule has 3 aromatic rings. The number of hydrogen-bond acceptors (Lipinski definition) is 4. The summed E-state index contributed by atoms with van der Waals surface area (Å²) in [5.41, 5.74) is 3.38. The van der Waals surface area contributed by atoms with Crippen LogP contribution in [0.2, 0.25) is 0 Å². The molecule has 0 bridgehead atoms. The molecule has 150 valence electrons. The Morgan fingerprint density at radius 1 is 0.800 bits per heavy atom. The minimum atomic E-state index is -0.565. The molecule has 0 aliphatic carbocycles. The fourth-order valence-electron chi connectivity index (χ4n) is 3.10. The number of hydrogen-bond donors (Lipinski definition) is 1. The van der Waals surface area contributed by atoms with Crippen LogP contribution in [0, 0.1) is 13.8 Å². The van der Waals surface area contributed by atoms with Crippen LogP contribution in [-0.2, 0) is 9.59 Å². The number of rotatable bonds is 5. The van der Waals surface area contributed by atoms with Crippen molar-refractivity contribution < 1.29 is 14.3 Å². The third kappa shape index (κ3) is 3.80. The molecular weight excluding hydrogens is 400 g/mol. The molecule has 3 aromatic carbocycles. The highest BCUT2D eigenvalue weighted by atomic mass is 35.5. The van der Waals surface area contributed by atoms with Crippen LogP contribution in [0.15, 0.2) is 83.5 Å². The Balaban J connectivity index is 1.53. The number of para-hydroxylation sites is 1. The standard InChI is InChI=1S/C24H19ClN2O3/c1-15-8-9-17(14-16(15)2)26-22-21(25)23(28)27(24(22)29)18-10-12-20(13-11-18)30-19-6-4-3-5-7-19/h3-14,26H,1-2H3. The van der Waals surface area contributed by atoms with Gasteiger partial charge in [0.15, 0.2) is 0 Å². The Hall–Kier alpha value is -3.57. The SMILES string of the molecule is Cc1ccc(NC2=C(Cl)C(=O)N(c3ccc(Oc4ccccc4)cc3)C2=O)cc1C. The van der Waals surface area contributed by atoms with Crippen LogP contribution < -0.4 is 15.0 Å². The predicted octanol–water partition coefficient (Wildman–Crippen LogP) is 5.53. The number of aryl methyl sites for hydroxylation is 2. The molecule has 2 amide bonds. The minimum Gasteiger partial charge on any atom is -0.457 e. The number of nitrogens with one attached hydrogen (secondary N) is 1. The maximum atomic E-state index is 12.9. The van der Waals surface area contributed by atoms with Crippen molar-refractivity contribution in [2.24, 2.45) is 0 Å². The largest absolute Gasteiger partial charge is 0.457 e. The second kappa shape index (κ2) is 8.05. The second-order valence-corrected chi connectivity index (χ2v) is 7.35. The molecule has 1 aliphatic heterocycles. The summed E-state index contributed by atoms with van der Waals surface area (Å²) >= 11 is 6.21. The van der Waals surface area contributed by atoms with Crippen LogP contribution in [0.1, 0.15) is 11.1 Å². The van der Waals surface area contributed by atoms with Crippen LogP contribution >= 0.6 is 11.6 Å². The van der Waals surface area contributed by atoms with E-state index in [1.54, 1.807) is 24.3 Å². The Bertz CT molecular complexity index is 1150. The molecule has 1 N–H and O–H groups in total. The Morgan fingerprint density at radius 2 is 1.47 bits per heavy atom. The van der Waals surface area contributed by atoms with Crippen molar-refractivity contribution in [3.05, 3.63) is 94.7 Å². The van der Waals surface area contributed by atoms with Gasteiger partial charge in [-0.15, -0.1) is 0 Å². The topological polar surface area (TPSA) is 58.6 Å². The van der Waals surface area contributed by atoms with Crippen molar-refractivity contribution in [1.82, 2.24) is 0 Å². The van der Waals surface area contributed by atoms with Gasteiger partial charge in [-0.25, -0.2) is 4.90 Å². The Labute approximate surface area is 179 Å². The molecular formula is C24H19ClN2O3. The summed E-state index contributed by atoms with van der Waals surface area (Å²) in [7, 11) is 0. The highest BCUT2D eigenvalue weighted by Crippen LogP contribution is 2.32. The van der Waals surface area contributed by atoms with Gasteiger partial charge >= 0.3 is 0 Å². The molecule has 0 saturated heterocycles. The fraction of sp³-hybridized carbons (Fsp3) is 0.0833. The first-order valence-electron chi connectivity index (χ1n) is 9.40. The summed E-state index contributed by atoms with van der Waals surface area (Å²) in [6, 6.07) is 21.7. The van der Waals surface area contributed by atoms with E-state index in [2.05, 4.69) is 5.32 Å². The van der Waals surface area contributed by atoms with Gasteiger partial charge in [-0.05, 0) is 73.5 Å². The Kier molecular flexibility index (Phi) is 5.29. The highest BCUT2D eigenvalue weighted by Gasteiger charge is 2.39. The van der Waals surface area contributed by atoms with E-state index in [1.807, 2.05) is 62.4 Å². The van der Waals surface area contributed by atoms with Crippen molar-refractivity contribution in [3.8, 4) is 11.5 Å². The minimum absolute atomic E-state index is 0.0644. The molecule has 0 aromatic heterocycles. The summed E-state index contributed by atoms with van der Waals surface area (Å²) in [6.07, 6.45) is 0. The van der Waals surface area contributed by atoms with E-state index in [1.165, 1.54) is 0 Å². The van der Waals surface area contributed by atoms with Crippen LogP contribution in [0.3, 0.4) is 0 Å². The van der Waals surface area contributed by atoms with Crippen molar-refractivity contribution in [2.45, 2.75) is 13.8 Å². The first kappa shape index (κ1) is 19.7. The zero-order valence-electron chi connectivity index (χ0n) is 16.5. The lowest BCUT2D eigenvalue weighted by atomic mass is 10.1. The molecule has 1 aliphatic rings. The van der Waals surface area contributed by atoms with Crippen molar-refractivity contribution in [2.75, 3.05) is 10.2 Å². The van der Waals surface area contributed by atoms with E-state index >= 15 is 0 Å². The number of halogens is 1. The summed E-state index contributed by atoms with van der Waals surface area (Å²) in [5, 5.41) is 2.86. The van der Waals surface area contributed by atoms with Gasteiger partial charge in [-0.3, -0.25) is 9.59 Å². The first-order valence-corrected chi connectivity index (χ1v) is 9.77. The molecule has 6 heteroatoms. The van der Waals surface area contributed by atoms with Gasteiger partial charge in [0.1, 0.15) is 22.2 Å². The molecule has 4 rings (SSSR count). The molecule has 1 heterocycles. The molecule has 30 heavy (non-hydrogen) atoms. The zero-order chi connectivity index (χ0) is 21.3. The van der Waals surface area contributed by atoms with E-state index in [4.69, 9.17) is 16.3 Å². The molecule has 0 spiro atoms. The molecule has 0 atom stereocenters. The lowest BCUT2D eigenvalue weighted by molar-refractivity contribution is -0.120. The van der Waals surface area contributed by atoms with Gasteiger partial charge in [-0.1, -0.05) is 35.9 Å². The third-order valence-electron chi connectivity index (χ3n) is 4.88. The summed E-state index contributed by atoms with van der Waals surface area (Å²) in [6.45, 7) is 3.98. The molecule has 0 saturated carbocycles. The van der Waals surface area contributed by atoms with Crippen molar-refractivity contribution in [3.63, 3.8) is 0 Å². The van der Waals surface area contributed by atoms with E-state index in [-0.39, 0.29) is 10.7 Å². The van der Waals surface area contributed by atoms with Gasteiger partial charge in [0, 0.05) is 5.69 Å². The lowest BCUT2D eigenvalue weighted by Gasteiger charge is -2.16. The predicted molar refractivity (Wildman–Crippen MR) is 118 cm³/mol. The smallest absolute Gasteiger partial charge is 0.283 e. The van der Waals surface area contributed by atoms with E-state index in [9.17, 15) is 9.59 Å². The lowest BCUT2D eigenvalue weighted by Crippen LogP contribution is -2.32. The molecule has 5 nitrogen and oxygen atoms in total. The number of anilines is 2. The number of nitrogens with zero attached hydrogens (tertiary/aromatic N) is 1. The van der Waals surface area contributed by atoms with Crippen LogP contribution in [0.4, 0.5) is 11.4 Å². The van der Waals surface area contributed by atoms with Gasteiger partial charge in [0.25, 0.3) is 11.8 Å². The van der Waals surface area contributed by atoms with Gasteiger partial charge in [-0.2, -0.15) is 0 Å². The Morgan fingerprint density at radius 3 is 2.13 bits per heavy atom. The van der Waals surface area contributed by atoms with E-state index in [0.717, 1.165) is 16.0 Å². The number of amides is 2. The second-order valence-electron chi connectivity index (χ2n) is 6.97. The summed E-state index contributed by atoms with van der Waals surface area (Å²) in [5.74, 6) is 0.226. The van der Waals surface area contributed by atoms with Crippen LogP contribution in [-0.4, -0.2) is 11.8 Å². The van der Waals surface area contributed by atoms with Crippen molar-refractivity contribution in [1.29, 1.82) is 0 Å². The van der Waals surface area contributed by atoms with Crippen molar-refractivity contribution >= 4 is 34.8 Å². The van der Waals surface area contributed by atoms with E-state index < -0.39 is 11.8 Å². The maximum absolute atomic E-state index is 12.9. The summed E-state index contributed by atoms with van der Waals surface area (Å²) in [4.78, 5) is 26.6. The number of benzene rings is 3. The first-order chi connectivity index (χ1) is 14.4. The monoisotopic (exact) mass is 418 g/mol. The average molecular weight is 419 g/mol. The number of carbonyl (C=O) groups excluding carboxylic acids is 2. The normalized spacial score (nSPS) is 13.8. The number of carbonyl (C=O) groups is 2. The fourth-order valence-corrected chi connectivity index (χ4v) is 3.31. The van der Waals surface area contributed by atoms with Crippen LogP contribution in [0.25, 0.3) is 0 Å². The molecule has 0 unspecified atom stereocenters. The van der Waals surface area contributed by atoms with Crippen LogP contribution in [0.5, 0.6) is 11.5 Å². The maximum Gasteiger partial charge on any atom is 0.283 e. The molecule has 0 fully saturated rings. The number of ether oxygens (including phenoxy) is 1. The molecule has 0 radical (unpaired) electrons. The number of imide groups is 1.